The highest BCUT2D eigenvalue weighted by molar-refractivity contribution is 5.99. The fraction of sp³-hybridized carbons (Fsp3) is 0.522. The third kappa shape index (κ3) is 6.07. The maximum absolute atomic E-state index is 12.9. The summed E-state index contributed by atoms with van der Waals surface area (Å²) >= 11 is 0. The van der Waals surface area contributed by atoms with Crippen molar-refractivity contribution in [2.45, 2.75) is 52.2 Å². The number of aliphatic hydroxyl groups excluding tert-OH is 1. The first-order valence-corrected chi connectivity index (χ1v) is 11.0. The van der Waals surface area contributed by atoms with E-state index in [9.17, 15) is 14.7 Å². The zero-order chi connectivity index (χ0) is 22.2. The maximum atomic E-state index is 12.9. The normalized spacial score (nSPS) is 15.5. The van der Waals surface area contributed by atoms with Gasteiger partial charge in [0.15, 0.2) is 0 Å². The summed E-state index contributed by atoms with van der Waals surface area (Å²) < 4.78 is 6.55. The molecular weight excluding hydrogens is 396 g/mol. The largest absolute Gasteiger partial charge is 0.462 e. The number of esters is 1. The highest BCUT2D eigenvalue weighted by atomic mass is 16.5. The zero-order valence-electron chi connectivity index (χ0n) is 18.3. The molecule has 8 nitrogen and oxygen atoms in total. The van der Waals surface area contributed by atoms with Gasteiger partial charge < -0.3 is 14.7 Å². The summed E-state index contributed by atoms with van der Waals surface area (Å²) in [6.45, 7) is 5.31. The number of carbonyl (C=O) groups excluding carboxylic acids is 2. The smallest absolute Gasteiger partial charge is 0.343 e. The first-order chi connectivity index (χ1) is 15.0. The summed E-state index contributed by atoms with van der Waals surface area (Å²) in [5, 5.41) is 17.0. The van der Waals surface area contributed by atoms with E-state index in [1.165, 1.54) is 16.4 Å². The molecule has 0 spiro atoms. The SMILES string of the molecule is CCOC(=O)c1cnn(CC(O)CC)c1NC(=O)N1CCC(Cc2ccccc2)CC1. The number of aromatic nitrogens is 2. The van der Waals surface area contributed by atoms with Gasteiger partial charge in [0.05, 0.1) is 25.5 Å². The number of amides is 2. The van der Waals surface area contributed by atoms with E-state index in [4.69, 9.17) is 4.74 Å². The molecule has 0 saturated carbocycles. The lowest BCUT2D eigenvalue weighted by molar-refractivity contribution is 0.0527. The van der Waals surface area contributed by atoms with Crippen molar-refractivity contribution >= 4 is 17.8 Å². The van der Waals surface area contributed by atoms with E-state index in [-0.39, 0.29) is 30.6 Å². The molecule has 2 heterocycles. The van der Waals surface area contributed by atoms with Gasteiger partial charge in [0.1, 0.15) is 11.4 Å². The van der Waals surface area contributed by atoms with Gasteiger partial charge in [-0.3, -0.25) is 5.32 Å². The van der Waals surface area contributed by atoms with Crippen molar-refractivity contribution in [3.8, 4) is 0 Å². The molecule has 1 aromatic heterocycles. The van der Waals surface area contributed by atoms with Crippen LogP contribution in [-0.4, -0.2) is 57.6 Å². The van der Waals surface area contributed by atoms with Crippen molar-refractivity contribution in [2.24, 2.45) is 5.92 Å². The number of hydrogen-bond acceptors (Lipinski definition) is 5. The molecule has 0 radical (unpaired) electrons. The van der Waals surface area contributed by atoms with E-state index >= 15 is 0 Å². The number of ether oxygens (including phenoxy) is 1. The first-order valence-electron chi connectivity index (χ1n) is 11.0. The minimum absolute atomic E-state index is 0.185. The number of benzene rings is 1. The Hall–Kier alpha value is -2.87. The Balaban J connectivity index is 1.64. The average molecular weight is 429 g/mol. The molecule has 2 N–H and O–H groups in total. The molecular formula is C23H32N4O4. The Kier molecular flexibility index (Phi) is 8.06. The van der Waals surface area contributed by atoms with Crippen LogP contribution >= 0.6 is 0 Å². The molecule has 31 heavy (non-hydrogen) atoms. The van der Waals surface area contributed by atoms with E-state index in [1.807, 2.05) is 13.0 Å². The monoisotopic (exact) mass is 428 g/mol. The van der Waals surface area contributed by atoms with Crippen molar-refractivity contribution in [3.05, 3.63) is 47.7 Å². The lowest BCUT2D eigenvalue weighted by Gasteiger charge is -2.32. The predicted octanol–water partition coefficient (Wildman–Crippen LogP) is 3.32. The molecule has 1 aliphatic rings. The number of rotatable bonds is 8. The van der Waals surface area contributed by atoms with Crippen LogP contribution in [0.2, 0.25) is 0 Å². The van der Waals surface area contributed by atoms with Crippen molar-refractivity contribution in [1.29, 1.82) is 0 Å². The fourth-order valence-corrected chi connectivity index (χ4v) is 3.81. The topological polar surface area (TPSA) is 96.7 Å². The number of carbonyl (C=O) groups is 2. The second-order valence-electron chi connectivity index (χ2n) is 7.92. The Morgan fingerprint density at radius 2 is 1.94 bits per heavy atom. The molecule has 1 aromatic carbocycles. The summed E-state index contributed by atoms with van der Waals surface area (Å²) in [5.41, 5.74) is 1.51. The van der Waals surface area contributed by atoms with Crippen LogP contribution in [0.3, 0.4) is 0 Å². The van der Waals surface area contributed by atoms with Crippen LogP contribution in [0.1, 0.15) is 49.0 Å². The predicted molar refractivity (Wildman–Crippen MR) is 118 cm³/mol. The van der Waals surface area contributed by atoms with Crippen LogP contribution in [0.5, 0.6) is 0 Å². The maximum Gasteiger partial charge on any atom is 0.343 e. The summed E-state index contributed by atoms with van der Waals surface area (Å²) in [4.78, 5) is 27.0. The van der Waals surface area contributed by atoms with Gasteiger partial charge in [0.25, 0.3) is 0 Å². The van der Waals surface area contributed by atoms with Crippen LogP contribution in [0.15, 0.2) is 36.5 Å². The summed E-state index contributed by atoms with van der Waals surface area (Å²) in [7, 11) is 0. The van der Waals surface area contributed by atoms with Crippen molar-refractivity contribution < 1.29 is 19.4 Å². The lowest BCUT2D eigenvalue weighted by atomic mass is 9.90. The first kappa shape index (κ1) is 22.8. The van der Waals surface area contributed by atoms with E-state index in [0.29, 0.717) is 25.4 Å². The van der Waals surface area contributed by atoms with Crippen LogP contribution in [0.4, 0.5) is 10.6 Å². The standard InChI is InChI=1S/C23H32N4O4/c1-3-19(28)16-27-21(20(15-24-27)22(29)31-4-2)25-23(30)26-12-10-18(11-13-26)14-17-8-6-5-7-9-17/h5-9,15,18-19,28H,3-4,10-14,16H2,1-2H3,(H,25,30). The molecule has 2 aromatic rings. The number of aliphatic hydroxyl groups is 1. The van der Waals surface area contributed by atoms with Gasteiger partial charge in [-0.05, 0) is 44.1 Å². The van der Waals surface area contributed by atoms with E-state index < -0.39 is 12.1 Å². The van der Waals surface area contributed by atoms with Crippen molar-refractivity contribution in [2.75, 3.05) is 25.0 Å². The molecule has 1 aliphatic heterocycles. The van der Waals surface area contributed by atoms with Crippen LogP contribution in [0, 0.1) is 5.92 Å². The highest BCUT2D eigenvalue weighted by Gasteiger charge is 2.26. The van der Waals surface area contributed by atoms with Gasteiger partial charge in [0.2, 0.25) is 0 Å². The lowest BCUT2D eigenvalue weighted by Crippen LogP contribution is -2.42. The summed E-state index contributed by atoms with van der Waals surface area (Å²) in [6.07, 6.45) is 4.17. The summed E-state index contributed by atoms with van der Waals surface area (Å²) in [5.74, 6) is 0.269. The third-order valence-corrected chi connectivity index (χ3v) is 5.68. The minimum atomic E-state index is -0.626. The van der Waals surface area contributed by atoms with Gasteiger partial charge in [-0.2, -0.15) is 5.10 Å². The number of piperidine rings is 1. The van der Waals surface area contributed by atoms with Crippen LogP contribution in [-0.2, 0) is 17.7 Å². The van der Waals surface area contributed by atoms with Crippen molar-refractivity contribution in [3.63, 3.8) is 0 Å². The molecule has 1 atom stereocenters. The Morgan fingerprint density at radius 3 is 2.58 bits per heavy atom. The Bertz CT molecular complexity index is 860. The molecule has 8 heteroatoms. The molecule has 168 valence electrons. The number of nitrogens with zero attached hydrogens (tertiary/aromatic N) is 3. The molecule has 1 saturated heterocycles. The van der Waals surface area contributed by atoms with Crippen LogP contribution < -0.4 is 5.32 Å². The average Bonchev–Trinajstić information content (AvgIpc) is 3.17. The number of likely N-dealkylation sites (tertiary alicyclic amines) is 1. The fourth-order valence-electron chi connectivity index (χ4n) is 3.81. The molecule has 0 aliphatic carbocycles. The molecule has 1 fully saturated rings. The van der Waals surface area contributed by atoms with Gasteiger partial charge in [-0.15, -0.1) is 0 Å². The number of anilines is 1. The third-order valence-electron chi connectivity index (χ3n) is 5.68. The van der Waals surface area contributed by atoms with Crippen LogP contribution in [0.25, 0.3) is 0 Å². The van der Waals surface area contributed by atoms with E-state index in [0.717, 1.165) is 19.3 Å². The Morgan fingerprint density at radius 1 is 1.23 bits per heavy atom. The molecule has 1 unspecified atom stereocenters. The minimum Gasteiger partial charge on any atom is -0.462 e. The van der Waals surface area contributed by atoms with Gasteiger partial charge in [0, 0.05) is 13.1 Å². The van der Waals surface area contributed by atoms with E-state index in [1.54, 1.807) is 11.8 Å². The number of hydrogen-bond donors (Lipinski definition) is 2. The number of urea groups is 1. The second-order valence-corrected chi connectivity index (χ2v) is 7.92. The molecule has 0 bridgehead atoms. The molecule has 2 amide bonds. The van der Waals surface area contributed by atoms with Gasteiger partial charge in [-0.1, -0.05) is 37.3 Å². The Labute approximate surface area is 183 Å². The van der Waals surface area contributed by atoms with E-state index in [2.05, 4.69) is 34.7 Å². The van der Waals surface area contributed by atoms with Gasteiger partial charge >= 0.3 is 12.0 Å². The zero-order valence-corrected chi connectivity index (χ0v) is 18.3. The number of nitrogens with one attached hydrogen (secondary N) is 1. The van der Waals surface area contributed by atoms with Crippen molar-refractivity contribution in [1.82, 2.24) is 14.7 Å². The molecule has 3 rings (SSSR count). The van der Waals surface area contributed by atoms with Gasteiger partial charge in [-0.25, -0.2) is 14.3 Å². The summed E-state index contributed by atoms with van der Waals surface area (Å²) in [6, 6.07) is 10.1. The quantitative estimate of drug-likeness (QED) is 0.629. The second kappa shape index (κ2) is 10.9. The highest BCUT2D eigenvalue weighted by Crippen LogP contribution is 2.23.